The van der Waals surface area contributed by atoms with Gasteiger partial charge in [0.05, 0.1) is 6.10 Å². The lowest BCUT2D eigenvalue weighted by molar-refractivity contribution is -0.113. The van der Waals surface area contributed by atoms with E-state index >= 15 is 0 Å². The van der Waals surface area contributed by atoms with Crippen molar-refractivity contribution in [3.05, 3.63) is 41.0 Å². The highest BCUT2D eigenvalue weighted by Crippen LogP contribution is 2.41. The molecule has 1 amide bonds. The molecular weight excluding hydrogens is 216 g/mol. The molecule has 0 radical (unpaired) electrons. The first kappa shape index (κ1) is 10.8. The minimum absolute atomic E-state index is 0.0221. The minimum Gasteiger partial charge on any atom is -0.388 e. The monoisotopic (exact) mass is 225 g/mol. The number of hydrogen-bond acceptors (Lipinski definition) is 2. The van der Waals surface area contributed by atoms with Crippen molar-refractivity contribution in [1.29, 1.82) is 0 Å². The van der Waals surface area contributed by atoms with Crippen molar-refractivity contribution in [2.45, 2.75) is 12.5 Å². The third-order valence-corrected chi connectivity index (χ3v) is 2.50. The molecule has 5 heteroatoms. The maximum Gasteiger partial charge on any atom is 0.241 e. The molecule has 0 aromatic heterocycles. The van der Waals surface area contributed by atoms with Crippen molar-refractivity contribution >= 4 is 11.5 Å². The zero-order valence-electron chi connectivity index (χ0n) is 8.21. The summed E-state index contributed by atoms with van der Waals surface area (Å²) < 4.78 is 26.4. The van der Waals surface area contributed by atoms with Crippen LogP contribution in [0.3, 0.4) is 0 Å². The summed E-state index contributed by atoms with van der Waals surface area (Å²) in [5.41, 5.74) is 5.56. The van der Waals surface area contributed by atoms with Crippen molar-refractivity contribution in [2.75, 3.05) is 0 Å². The zero-order valence-corrected chi connectivity index (χ0v) is 8.21. The van der Waals surface area contributed by atoms with Crippen molar-refractivity contribution in [1.82, 2.24) is 0 Å². The SMILES string of the molecule is NC(=O)C=C1CC(O)c2c(F)cc(F)cc21. The number of halogens is 2. The van der Waals surface area contributed by atoms with Crippen LogP contribution in [0, 0.1) is 11.6 Å². The quantitative estimate of drug-likeness (QED) is 0.707. The lowest BCUT2D eigenvalue weighted by atomic mass is 10.1. The Morgan fingerprint density at radius 3 is 2.81 bits per heavy atom. The van der Waals surface area contributed by atoms with Crippen molar-refractivity contribution in [3.8, 4) is 0 Å². The number of fused-ring (bicyclic) bond motifs is 1. The van der Waals surface area contributed by atoms with Gasteiger partial charge in [-0.2, -0.15) is 0 Å². The molecule has 0 saturated heterocycles. The molecule has 1 aliphatic carbocycles. The summed E-state index contributed by atoms with van der Waals surface area (Å²) in [7, 11) is 0. The Hall–Kier alpha value is -1.75. The fourth-order valence-electron chi connectivity index (χ4n) is 1.92. The first-order valence-electron chi connectivity index (χ1n) is 4.66. The molecule has 0 aliphatic heterocycles. The standard InChI is InChI=1S/C11H9F2NO2/c12-6-3-7-5(2-10(14)16)1-9(15)11(7)8(13)4-6/h2-4,9,15H,1H2,(H2,14,16). The largest absolute Gasteiger partial charge is 0.388 e. The van der Waals surface area contributed by atoms with E-state index in [2.05, 4.69) is 0 Å². The first-order valence-corrected chi connectivity index (χ1v) is 4.66. The average Bonchev–Trinajstić information content (AvgIpc) is 2.41. The Morgan fingerprint density at radius 2 is 2.19 bits per heavy atom. The maximum atomic E-state index is 13.4. The molecule has 1 aromatic rings. The molecule has 2 rings (SSSR count). The highest BCUT2D eigenvalue weighted by atomic mass is 19.1. The Morgan fingerprint density at radius 1 is 1.50 bits per heavy atom. The van der Waals surface area contributed by atoms with Crippen LogP contribution < -0.4 is 5.73 Å². The number of rotatable bonds is 1. The van der Waals surface area contributed by atoms with Gasteiger partial charge >= 0.3 is 0 Å². The van der Waals surface area contributed by atoms with E-state index in [1.54, 1.807) is 0 Å². The molecule has 0 saturated carbocycles. The predicted molar refractivity (Wildman–Crippen MR) is 53.1 cm³/mol. The van der Waals surface area contributed by atoms with Gasteiger partial charge in [0.1, 0.15) is 11.6 Å². The van der Waals surface area contributed by atoms with Gasteiger partial charge in [0, 0.05) is 24.1 Å². The average molecular weight is 225 g/mol. The number of primary amides is 1. The van der Waals surface area contributed by atoms with Gasteiger partial charge in [-0.25, -0.2) is 8.78 Å². The number of benzene rings is 1. The molecule has 3 N–H and O–H groups in total. The normalized spacial score (nSPS) is 21.2. The third-order valence-electron chi connectivity index (χ3n) is 2.50. The summed E-state index contributed by atoms with van der Waals surface area (Å²) >= 11 is 0. The molecule has 1 atom stereocenters. The molecule has 0 fully saturated rings. The van der Waals surface area contributed by atoms with Crippen LogP contribution in [0.25, 0.3) is 5.57 Å². The minimum atomic E-state index is -1.05. The van der Waals surface area contributed by atoms with E-state index in [0.717, 1.165) is 12.1 Å². The first-order chi connectivity index (χ1) is 7.49. The van der Waals surface area contributed by atoms with E-state index in [0.29, 0.717) is 11.6 Å². The van der Waals surface area contributed by atoms with Gasteiger partial charge in [-0.15, -0.1) is 0 Å². The van der Waals surface area contributed by atoms with Crippen LogP contribution in [0.4, 0.5) is 8.78 Å². The summed E-state index contributed by atoms with van der Waals surface area (Å²) in [5.74, 6) is -2.27. The van der Waals surface area contributed by atoms with E-state index in [-0.39, 0.29) is 17.5 Å². The lowest BCUT2D eigenvalue weighted by Gasteiger charge is -2.04. The number of hydrogen-bond donors (Lipinski definition) is 2. The van der Waals surface area contributed by atoms with Crippen LogP contribution in [0.5, 0.6) is 0 Å². The van der Waals surface area contributed by atoms with Gasteiger partial charge in [0.15, 0.2) is 0 Å². The lowest BCUT2D eigenvalue weighted by Crippen LogP contribution is -2.06. The second-order valence-electron chi connectivity index (χ2n) is 3.64. The van der Waals surface area contributed by atoms with Crippen molar-refractivity contribution in [3.63, 3.8) is 0 Å². The smallest absolute Gasteiger partial charge is 0.241 e. The van der Waals surface area contributed by atoms with Gasteiger partial charge in [-0.3, -0.25) is 4.79 Å². The van der Waals surface area contributed by atoms with Gasteiger partial charge in [-0.05, 0) is 17.2 Å². The summed E-state index contributed by atoms with van der Waals surface area (Å²) in [6, 6.07) is 1.79. The van der Waals surface area contributed by atoms with Gasteiger partial charge in [-0.1, -0.05) is 0 Å². The van der Waals surface area contributed by atoms with Crippen LogP contribution in [0.15, 0.2) is 18.2 Å². The maximum absolute atomic E-state index is 13.4. The molecular formula is C11H9F2NO2. The number of nitrogens with two attached hydrogens (primary N) is 1. The predicted octanol–water partition coefficient (Wildman–Crippen LogP) is 1.27. The Balaban J connectivity index is 2.61. The highest BCUT2D eigenvalue weighted by molar-refractivity contribution is 5.95. The molecule has 1 aromatic carbocycles. The second-order valence-corrected chi connectivity index (χ2v) is 3.64. The topological polar surface area (TPSA) is 63.3 Å². The van der Waals surface area contributed by atoms with Crippen LogP contribution in [0.2, 0.25) is 0 Å². The van der Waals surface area contributed by atoms with Crippen LogP contribution >= 0.6 is 0 Å². The Labute approximate surface area is 90.2 Å². The fraction of sp³-hybridized carbons (Fsp3) is 0.182. The fourth-order valence-corrected chi connectivity index (χ4v) is 1.92. The van der Waals surface area contributed by atoms with Crippen LogP contribution in [-0.2, 0) is 4.79 Å². The molecule has 0 spiro atoms. The summed E-state index contributed by atoms with van der Waals surface area (Å²) in [5, 5.41) is 9.58. The summed E-state index contributed by atoms with van der Waals surface area (Å²) in [6.45, 7) is 0. The molecule has 3 nitrogen and oxygen atoms in total. The Kier molecular flexibility index (Phi) is 2.47. The van der Waals surface area contributed by atoms with Crippen molar-refractivity contribution < 1.29 is 18.7 Å². The number of aliphatic hydroxyl groups is 1. The van der Waals surface area contributed by atoms with Crippen LogP contribution in [-0.4, -0.2) is 11.0 Å². The van der Waals surface area contributed by atoms with E-state index in [9.17, 15) is 18.7 Å². The van der Waals surface area contributed by atoms with Crippen LogP contribution in [0.1, 0.15) is 23.7 Å². The molecule has 16 heavy (non-hydrogen) atoms. The molecule has 84 valence electrons. The van der Waals surface area contributed by atoms with Gasteiger partial charge < -0.3 is 10.8 Å². The van der Waals surface area contributed by atoms with E-state index in [1.807, 2.05) is 0 Å². The summed E-state index contributed by atoms with van der Waals surface area (Å²) in [6.07, 6.45) is 0.0910. The molecule has 1 unspecified atom stereocenters. The number of amides is 1. The second kappa shape index (κ2) is 3.68. The summed E-state index contributed by atoms with van der Waals surface area (Å²) in [4.78, 5) is 10.7. The molecule has 0 heterocycles. The number of aliphatic hydroxyl groups excluding tert-OH is 1. The van der Waals surface area contributed by atoms with Gasteiger partial charge in [0.2, 0.25) is 5.91 Å². The highest BCUT2D eigenvalue weighted by Gasteiger charge is 2.29. The van der Waals surface area contributed by atoms with E-state index in [1.165, 1.54) is 0 Å². The Bertz CT molecular complexity index is 497. The van der Waals surface area contributed by atoms with Gasteiger partial charge in [0.25, 0.3) is 0 Å². The third kappa shape index (κ3) is 1.69. The zero-order chi connectivity index (χ0) is 11.9. The molecule has 0 bridgehead atoms. The number of carbonyl (C=O) groups is 1. The number of carbonyl (C=O) groups excluding carboxylic acids is 1. The molecule has 1 aliphatic rings. The van der Waals surface area contributed by atoms with E-state index in [4.69, 9.17) is 5.73 Å². The van der Waals surface area contributed by atoms with E-state index < -0.39 is 23.6 Å². The van der Waals surface area contributed by atoms with Crippen molar-refractivity contribution in [2.24, 2.45) is 5.73 Å².